The van der Waals surface area contributed by atoms with E-state index in [1.807, 2.05) is 99.8 Å². The van der Waals surface area contributed by atoms with Crippen molar-refractivity contribution in [2.24, 2.45) is 10.4 Å². The second-order valence-corrected chi connectivity index (χ2v) is 16.1. The highest BCUT2D eigenvalue weighted by Crippen LogP contribution is 2.34. The maximum Gasteiger partial charge on any atom is 0.245 e. The van der Waals surface area contributed by atoms with Gasteiger partial charge in [0.25, 0.3) is 0 Å². The third-order valence-electron chi connectivity index (χ3n) is 8.71. The van der Waals surface area contributed by atoms with Crippen LogP contribution >= 0.6 is 7.92 Å². The minimum absolute atomic E-state index is 0.204. The molecule has 6 nitrogen and oxygen atoms in total. The molecular weight excluding hydrogens is 661 g/mol. The Morgan fingerprint density at radius 1 is 0.731 bits per heavy atom. The number of unbranched alkanes of at least 4 members (excludes halogenated alkanes) is 1. The molecule has 0 aliphatic rings. The number of amides is 2. The first-order chi connectivity index (χ1) is 25.2. The van der Waals surface area contributed by atoms with Crippen LogP contribution < -0.4 is 31.3 Å². The molecular formula is C45H50N3O3P. The molecule has 0 aliphatic heterocycles. The van der Waals surface area contributed by atoms with Gasteiger partial charge in [0.15, 0.2) is 0 Å². The highest BCUT2D eigenvalue weighted by atomic mass is 31.1. The molecule has 5 rings (SSSR count). The summed E-state index contributed by atoms with van der Waals surface area (Å²) in [5, 5.41) is 9.76. The predicted molar refractivity (Wildman–Crippen MR) is 217 cm³/mol. The van der Waals surface area contributed by atoms with Gasteiger partial charge in [0, 0.05) is 24.7 Å². The van der Waals surface area contributed by atoms with Gasteiger partial charge < -0.3 is 15.4 Å². The summed E-state index contributed by atoms with van der Waals surface area (Å²) in [7, 11) is -0.870. The topological polar surface area (TPSA) is 79.8 Å². The first-order valence-electron chi connectivity index (χ1n) is 18.1. The molecule has 0 spiro atoms. The van der Waals surface area contributed by atoms with Crippen molar-refractivity contribution >= 4 is 41.9 Å². The SMILES string of the molecule is CCCCNC(=O)[C@H](Cc1ccc(OCc2ccccc2)cc1)NC(=O)[C@@H](N=Cc1ccccc1P(c1ccccc1)c1ccccc1)C(C)(C)C. The number of nitrogens with one attached hydrogen (secondary N) is 2. The Balaban J connectivity index is 1.37. The van der Waals surface area contributed by atoms with Gasteiger partial charge in [-0.3, -0.25) is 14.6 Å². The van der Waals surface area contributed by atoms with Gasteiger partial charge >= 0.3 is 0 Å². The number of ether oxygens (including phenoxy) is 1. The summed E-state index contributed by atoms with van der Waals surface area (Å²) in [4.78, 5) is 32.7. The van der Waals surface area contributed by atoms with Crippen LogP contribution in [-0.2, 0) is 22.6 Å². The Bertz CT molecular complexity index is 1840. The van der Waals surface area contributed by atoms with E-state index in [1.54, 1.807) is 0 Å². The molecule has 0 saturated carbocycles. The Labute approximate surface area is 310 Å². The van der Waals surface area contributed by atoms with Crippen LogP contribution in [0.25, 0.3) is 0 Å². The van der Waals surface area contributed by atoms with Crippen LogP contribution in [0, 0.1) is 5.41 Å². The van der Waals surface area contributed by atoms with Gasteiger partial charge in [-0.15, -0.1) is 0 Å². The van der Waals surface area contributed by atoms with Crippen LogP contribution in [0.2, 0.25) is 0 Å². The highest BCUT2D eigenvalue weighted by Gasteiger charge is 2.33. The first-order valence-corrected chi connectivity index (χ1v) is 19.4. The average molecular weight is 712 g/mol. The smallest absolute Gasteiger partial charge is 0.245 e. The number of rotatable bonds is 16. The third kappa shape index (κ3) is 11.0. The van der Waals surface area contributed by atoms with Crippen molar-refractivity contribution in [1.29, 1.82) is 0 Å². The molecule has 5 aromatic carbocycles. The van der Waals surface area contributed by atoms with Gasteiger partial charge in [0.05, 0.1) is 0 Å². The molecule has 0 saturated heterocycles. The zero-order valence-electron chi connectivity index (χ0n) is 30.7. The molecule has 0 heterocycles. The van der Waals surface area contributed by atoms with Gasteiger partial charge in [0.2, 0.25) is 11.8 Å². The first kappa shape index (κ1) is 38.2. The molecule has 7 heteroatoms. The van der Waals surface area contributed by atoms with Crippen molar-refractivity contribution in [3.05, 3.63) is 156 Å². The van der Waals surface area contributed by atoms with E-state index in [1.165, 1.54) is 10.6 Å². The molecule has 0 radical (unpaired) electrons. The molecule has 2 N–H and O–H groups in total. The minimum Gasteiger partial charge on any atom is -0.489 e. The molecule has 0 bridgehead atoms. The second kappa shape index (κ2) is 19.0. The number of benzene rings is 5. The quantitative estimate of drug-likeness (QED) is 0.0633. The predicted octanol–water partition coefficient (Wildman–Crippen LogP) is 7.50. The van der Waals surface area contributed by atoms with Gasteiger partial charge in [-0.2, -0.15) is 0 Å². The zero-order chi connectivity index (χ0) is 36.8. The van der Waals surface area contributed by atoms with E-state index in [2.05, 4.69) is 84.3 Å². The van der Waals surface area contributed by atoms with Crippen molar-refractivity contribution in [3.63, 3.8) is 0 Å². The third-order valence-corrected chi connectivity index (χ3v) is 11.2. The lowest BCUT2D eigenvalue weighted by Gasteiger charge is -2.28. The second-order valence-electron chi connectivity index (χ2n) is 13.9. The van der Waals surface area contributed by atoms with Crippen molar-refractivity contribution in [2.45, 2.75) is 65.6 Å². The number of nitrogens with zero attached hydrogens (tertiary/aromatic N) is 1. The van der Waals surface area contributed by atoms with E-state index in [4.69, 9.17) is 9.73 Å². The van der Waals surface area contributed by atoms with Crippen LogP contribution in [0.15, 0.2) is 145 Å². The maximum atomic E-state index is 14.2. The fraction of sp³-hybridized carbons (Fsp3) is 0.267. The minimum atomic E-state index is -0.870. The normalized spacial score (nSPS) is 12.7. The number of hydrogen-bond donors (Lipinski definition) is 2. The average Bonchev–Trinajstić information content (AvgIpc) is 3.16. The van der Waals surface area contributed by atoms with E-state index >= 15 is 0 Å². The van der Waals surface area contributed by atoms with Gasteiger partial charge in [-0.25, -0.2) is 0 Å². The van der Waals surface area contributed by atoms with E-state index in [0.717, 1.165) is 40.6 Å². The van der Waals surface area contributed by atoms with E-state index < -0.39 is 25.4 Å². The summed E-state index contributed by atoms with van der Waals surface area (Å²) in [6, 6.07) is 45.6. The largest absolute Gasteiger partial charge is 0.489 e. The summed E-state index contributed by atoms with van der Waals surface area (Å²) in [6.45, 7) is 9.12. The summed E-state index contributed by atoms with van der Waals surface area (Å²) >= 11 is 0. The van der Waals surface area contributed by atoms with Crippen LogP contribution in [0.5, 0.6) is 5.75 Å². The number of carbonyl (C=O) groups excluding carboxylic acids is 2. The molecule has 0 unspecified atom stereocenters. The molecule has 0 aromatic heterocycles. The van der Waals surface area contributed by atoms with Crippen molar-refractivity contribution in [1.82, 2.24) is 10.6 Å². The van der Waals surface area contributed by atoms with Crippen molar-refractivity contribution < 1.29 is 14.3 Å². The van der Waals surface area contributed by atoms with Crippen molar-refractivity contribution in [3.8, 4) is 5.75 Å². The monoisotopic (exact) mass is 711 g/mol. The fourth-order valence-corrected chi connectivity index (χ4v) is 8.31. The zero-order valence-corrected chi connectivity index (χ0v) is 31.6. The lowest BCUT2D eigenvalue weighted by Crippen LogP contribution is -2.52. The highest BCUT2D eigenvalue weighted by molar-refractivity contribution is 7.80. The summed E-state index contributed by atoms with van der Waals surface area (Å²) < 4.78 is 5.97. The number of carbonyl (C=O) groups is 2. The Morgan fingerprint density at radius 3 is 1.90 bits per heavy atom. The summed E-state index contributed by atoms with van der Waals surface area (Å²) in [6.07, 6.45) is 4.00. The Morgan fingerprint density at radius 2 is 1.31 bits per heavy atom. The summed E-state index contributed by atoms with van der Waals surface area (Å²) in [5.41, 5.74) is 2.46. The summed E-state index contributed by atoms with van der Waals surface area (Å²) in [5.74, 6) is 0.254. The molecule has 2 atom stereocenters. The molecule has 52 heavy (non-hydrogen) atoms. The lowest BCUT2D eigenvalue weighted by molar-refractivity contribution is -0.130. The van der Waals surface area contributed by atoms with E-state index in [9.17, 15) is 9.59 Å². The van der Waals surface area contributed by atoms with Crippen LogP contribution in [0.3, 0.4) is 0 Å². The number of aliphatic imine (C=N–C) groups is 1. The Kier molecular flexibility index (Phi) is 13.9. The van der Waals surface area contributed by atoms with Gasteiger partial charge in [-0.05, 0) is 58.9 Å². The van der Waals surface area contributed by atoms with Crippen LogP contribution in [0.4, 0.5) is 0 Å². The standard InChI is InChI=1S/C45H50N3O3P/c1-5-6-30-46-43(49)40(31-34-26-28-37(29-27-34)51-33-35-18-10-7-11-19-35)48-44(50)42(45(2,3)4)47-32-36-20-16-17-25-41(36)52(38-21-12-8-13-22-38)39-23-14-9-15-24-39/h7-29,32,40,42H,5-6,30-31,33H2,1-4H3,(H,46,49)(H,48,50)/t40-,42+/m0/s1. The van der Waals surface area contributed by atoms with Crippen LogP contribution in [-0.4, -0.2) is 36.7 Å². The Hall–Kier alpha value is -5.06. The van der Waals surface area contributed by atoms with Gasteiger partial charge in [0.1, 0.15) is 24.4 Å². The molecule has 0 aliphatic carbocycles. The lowest BCUT2D eigenvalue weighted by atomic mass is 9.86. The van der Waals surface area contributed by atoms with Crippen molar-refractivity contribution in [2.75, 3.05) is 6.54 Å². The van der Waals surface area contributed by atoms with E-state index in [-0.39, 0.29) is 11.8 Å². The van der Waals surface area contributed by atoms with E-state index in [0.29, 0.717) is 19.6 Å². The van der Waals surface area contributed by atoms with Crippen LogP contribution in [0.1, 0.15) is 57.2 Å². The number of hydrogen-bond acceptors (Lipinski definition) is 4. The van der Waals surface area contributed by atoms with Gasteiger partial charge in [-0.1, -0.05) is 162 Å². The molecule has 0 fully saturated rings. The molecule has 5 aromatic rings. The molecule has 2 amide bonds. The maximum absolute atomic E-state index is 14.2. The fourth-order valence-electron chi connectivity index (χ4n) is 5.89. The molecule has 268 valence electrons.